The summed E-state index contributed by atoms with van der Waals surface area (Å²) in [6, 6.07) is 52.9. The van der Waals surface area contributed by atoms with Gasteiger partial charge in [-0.25, -0.2) is 0 Å². The smallest absolute Gasteiger partial charge is 0.0547 e. The van der Waals surface area contributed by atoms with Crippen LogP contribution in [-0.4, -0.2) is 10.8 Å². The minimum atomic E-state index is 0.893. The molecule has 1 heterocycles. The maximum Gasteiger partial charge on any atom is 0.0547 e. The van der Waals surface area contributed by atoms with Gasteiger partial charge in [-0.3, -0.25) is 0 Å². The normalized spacial score (nSPS) is 12.5. The van der Waals surface area contributed by atoms with Gasteiger partial charge in [-0.05, 0) is 105 Å². The molecule has 0 spiro atoms. The fraction of sp³-hybridized carbons (Fsp3) is 0.0426. The first kappa shape index (κ1) is 30.1. The molecule has 1 N–H and O–H groups in total. The van der Waals surface area contributed by atoms with Crippen LogP contribution in [0.25, 0.3) is 77.4 Å². The highest BCUT2D eigenvalue weighted by molar-refractivity contribution is 6.11. The molecule has 0 fully saturated rings. The summed E-state index contributed by atoms with van der Waals surface area (Å²) in [4.78, 5) is 0. The summed E-state index contributed by atoms with van der Waals surface area (Å²) in [5.41, 5.74) is 11.3. The summed E-state index contributed by atoms with van der Waals surface area (Å²) < 4.78 is 2.41. The Morgan fingerprint density at radius 3 is 1.98 bits per heavy atom. The first-order chi connectivity index (χ1) is 24.1. The third-order valence-electron chi connectivity index (χ3n) is 9.57. The lowest BCUT2D eigenvalue weighted by molar-refractivity contribution is 1.19. The fourth-order valence-corrected chi connectivity index (χ4v) is 7.14. The van der Waals surface area contributed by atoms with E-state index in [2.05, 4.69) is 162 Å². The highest BCUT2D eigenvalue weighted by Crippen LogP contribution is 2.37. The third-order valence-corrected chi connectivity index (χ3v) is 9.57. The zero-order valence-electron chi connectivity index (χ0n) is 27.7. The van der Waals surface area contributed by atoms with Gasteiger partial charge < -0.3 is 9.98 Å². The van der Waals surface area contributed by atoms with Crippen LogP contribution in [0.2, 0.25) is 0 Å². The molecule has 8 rings (SSSR count). The topological polar surface area (TPSA) is 28.8 Å². The summed E-state index contributed by atoms with van der Waals surface area (Å²) in [5, 5.41) is 15.4. The van der Waals surface area contributed by atoms with Crippen LogP contribution in [-0.2, 0) is 0 Å². The third kappa shape index (κ3) is 5.48. The van der Waals surface area contributed by atoms with Crippen LogP contribution in [0, 0.1) is 5.41 Å². The summed E-state index contributed by atoms with van der Waals surface area (Å²) >= 11 is 0. The molecule has 0 aliphatic heterocycles. The Morgan fingerprint density at radius 1 is 0.531 bits per heavy atom. The van der Waals surface area contributed by atoms with Crippen LogP contribution in [0.3, 0.4) is 0 Å². The van der Waals surface area contributed by atoms with Gasteiger partial charge in [0.15, 0.2) is 0 Å². The van der Waals surface area contributed by atoms with Crippen molar-refractivity contribution in [1.29, 1.82) is 5.41 Å². The molecule has 0 atom stereocenters. The summed E-state index contributed by atoms with van der Waals surface area (Å²) in [7, 11) is 0. The highest BCUT2D eigenvalue weighted by atomic mass is 15.0. The van der Waals surface area contributed by atoms with Crippen LogP contribution in [0.5, 0.6) is 0 Å². The van der Waals surface area contributed by atoms with E-state index in [0.29, 0.717) is 0 Å². The first-order valence-corrected chi connectivity index (χ1v) is 16.8. The lowest BCUT2D eigenvalue weighted by Gasteiger charge is -2.11. The van der Waals surface area contributed by atoms with Crippen LogP contribution in [0.15, 0.2) is 175 Å². The predicted molar refractivity (Wildman–Crippen MR) is 212 cm³/mol. The van der Waals surface area contributed by atoms with Gasteiger partial charge in [0.1, 0.15) is 0 Å². The van der Waals surface area contributed by atoms with Crippen molar-refractivity contribution < 1.29 is 0 Å². The standard InChI is InChI=1S/C47H36N2/c1-3-10-38(33(4-2)31-48)27-32-17-25-44-45-26-23-40(35-18-20-37(21-19-35)43-16-9-14-36-12-7-8-15-42(36)43)30-47(45)49(46(44)28-32)41-24-22-34-11-5-6-13-39(34)29-41/h3-31,48H,1-2H3/b10-3-,33-4+,38-27+,48-31?. The lowest BCUT2D eigenvalue weighted by Crippen LogP contribution is -1.95. The number of fused-ring (bicyclic) bond motifs is 5. The number of allylic oxidation sites excluding steroid dienone is 5. The van der Waals surface area contributed by atoms with Crippen molar-refractivity contribution in [2.24, 2.45) is 0 Å². The molecular weight excluding hydrogens is 593 g/mol. The molecule has 0 unspecified atom stereocenters. The van der Waals surface area contributed by atoms with Gasteiger partial charge in [0.25, 0.3) is 0 Å². The van der Waals surface area contributed by atoms with E-state index in [1.807, 2.05) is 26.0 Å². The second kappa shape index (κ2) is 12.7. The fourth-order valence-electron chi connectivity index (χ4n) is 7.14. The molecule has 7 aromatic carbocycles. The van der Waals surface area contributed by atoms with Crippen molar-refractivity contribution in [3.63, 3.8) is 0 Å². The van der Waals surface area contributed by atoms with Gasteiger partial charge >= 0.3 is 0 Å². The molecule has 2 heteroatoms. The maximum absolute atomic E-state index is 7.96. The molecule has 234 valence electrons. The van der Waals surface area contributed by atoms with E-state index in [1.54, 1.807) is 0 Å². The Kier molecular flexibility index (Phi) is 7.83. The SMILES string of the molecule is C\C=C/C(=C\c1ccc2c3ccc(-c4ccc(-c5cccc6ccccc56)cc4)cc3n(-c3ccc4ccccc4c3)c2c1)C(/C=N)=C/C. The highest BCUT2D eigenvalue weighted by Gasteiger charge is 2.15. The number of aromatic nitrogens is 1. The number of benzene rings is 7. The molecule has 0 amide bonds. The molecule has 0 saturated heterocycles. The van der Waals surface area contributed by atoms with Gasteiger partial charge in [0.05, 0.1) is 11.0 Å². The zero-order valence-corrected chi connectivity index (χ0v) is 27.7. The lowest BCUT2D eigenvalue weighted by atomic mass is 9.96. The molecule has 1 aromatic heterocycles. The molecule has 2 nitrogen and oxygen atoms in total. The minimum Gasteiger partial charge on any atom is -0.309 e. The Balaban J connectivity index is 1.30. The van der Waals surface area contributed by atoms with Gasteiger partial charge in [0.2, 0.25) is 0 Å². The van der Waals surface area contributed by atoms with E-state index in [-0.39, 0.29) is 0 Å². The van der Waals surface area contributed by atoms with Crippen LogP contribution >= 0.6 is 0 Å². The van der Waals surface area contributed by atoms with Crippen molar-refractivity contribution in [3.05, 3.63) is 181 Å². The zero-order chi connectivity index (χ0) is 33.3. The molecular formula is C47H36N2. The minimum absolute atomic E-state index is 0.893. The predicted octanol–water partition coefficient (Wildman–Crippen LogP) is 13.0. The van der Waals surface area contributed by atoms with Crippen LogP contribution < -0.4 is 0 Å². The first-order valence-electron chi connectivity index (χ1n) is 16.8. The second-order valence-electron chi connectivity index (χ2n) is 12.5. The van der Waals surface area contributed by atoms with Crippen molar-refractivity contribution in [2.45, 2.75) is 13.8 Å². The molecule has 0 saturated carbocycles. The van der Waals surface area contributed by atoms with Gasteiger partial charge in [0, 0.05) is 22.7 Å². The monoisotopic (exact) mass is 628 g/mol. The van der Waals surface area contributed by atoms with Gasteiger partial charge in [-0.1, -0.05) is 140 Å². The molecule has 0 bridgehead atoms. The number of nitrogens with one attached hydrogen (secondary N) is 1. The van der Waals surface area contributed by atoms with E-state index in [4.69, 9.17) is 5.41 Å². The van der Waals surface area contributed by atoms with Crippen LogP contribution in [0.1, 0.15) is 19.4 Å². The van der Waals surface area contributed by atoms with E-state index in [9.17, 15) is 0 Å². The van der Waals surface area contributed by atoms with Gasteiger partial charge in [-0.2, -0.15) is 0 Å². The Labute approximate surface area is 287 Å². The largest absolute Gasteiger partial charge is 0.309 e. The van der Waals surface area contributed by atoms with E-state index >= 15 is 0 Å². The quantitative estimate of drug-likeness (QED) is 0.134. The van der Waals surface area contributed by atoms with Crippen molar-refractivity contribution in [1.82, 2.24) is 4.57 Å². The molecule has 8 aromatic rings. The van der Waals surface area contributed by atoms with E-state index < -0.39 is 0 Å². The van der Waals surface area contributed by atoms with Crippen LogP contribution in [0.4, 0.5) is 0 Å². The Bertz CT molecular complexity index is 2620. The van der Waals surface area contributed by atoms with Gasteiger partial charge in [-0.15, -0.1) is 0 Å². The maximum atomic E-state index is 7.96. The van der Waals surface area contributed by atoms with E-state index in [1.165, 1.54) is 66.3 Å². The molecule has 0 aliphatic rings. The van der Waals surface area contributed by atoms with Crippen molar-refractivity contribution >= 4 is 55.6 Å². The molecule has 0 aliphatic carbocycles. The Morgan fingerprint density at radius 2 is 1.20 bits per heavy atom. The van der Waals surface area contributed by atoms with E-state index in [0.717, 1.165) is 27.9 Å². The van der Waals surface area contributed by atoms with Crippen molar-refractivity contribution in [3.8, 4) is 27.9 Å². The average molecular weight is 629 g/mol. The van der Waals surface area contributed by atoms with Crippen molar-refractivity contribution in [2.75, 3.05) is 0 Å². The number of hydrogen-bond acceptors (Lipinski definition) is 1. The summed E-state index contributed by atoms with van der Waals surface area (Å²) in [6.07, 6.45) is 9.68. The summed E-state index contributed by atoms with van der Waals surface area (Å²) in [6.45, 7) is 3.99. The number of hydrogen-bond donors (Lipinski definition) is 1. The number of rotatable bonds is 7. The molecule has 49 heavy (non-hydrogen) atoms. The second-order valence-corrected chi connectivity index (χ2v) is 12.5. The molecule has 0 radical (unpaired) electrons. The average Bonchev–Trinajstić information content (AvgIpc) is 3.48. The summed E-state index contributed by atoms with van der Waals surface area (Å²) in [5.74, 6) is 0. The number of nitrogens with zero attached hydrogens (tertiary/aromatic N) is 1. The Hall–Kier alpha value is -6.25.